The molecular weight excluding hydrogens is 444 g/mol. The molecule has 0 bridgehead atoms. The average molecular weight is 477 g/mol. The van der Waals surface area contributed by atoms with Gasteiger partial charge in [-0.2, -0.15) is 5.26 Å². The van der Waals surface area contributed by atoms with Crippen molar-refractivity contribution < 1.29 is 9.53 Å². The number of rotatable bonds is 6. The van der Waals surface area contributed by atoms with E-state index in [9.17, 15) is 14.9 Å². The predicted octanol–water partition coefficient (Wildman–Crippen LogP) is 3.07. The first-order valence-corrected chi connectivity index (χ1v) is 12.4. The number of piperidine rings is 1. The van der Waals surface area contributed by atoms with Crippen molar-refractivity contribution in [1.82, 2.24) is 19.0 Å². The number of hydrogen-bond acceptors (Lipinski definition) is 5. The molecular formula is C26H32N6O3. The maximum Gasteiger partial charge on any atom is 0.326 e. The predicted molar refractivity (Wildman–Crippen MR) is 133 cm³/mol. The lowest BCUT2D eigenvalue weighted by atomic mass is 10.0. The van der Waals surface area contributed by atoms with Gasteiger partial charge < -0.3 is 19.6 Å². The van der Waals surface area contributed by atoms with E-state index in [4.69, 9.17) is 4.74 Å². The number of nitrogens with one attached hydrogen (secondary N) is 2. The molecule has 9 nitrogen and oxygen atoms in total. The van der Waals surface area contributed by atoms with Crippen molar-refractivity contribution in [1.29, 1.82) is 5.26 Å². The second-order valence-electron chi connectivity index (χ2n) is 9.66. The molecule has 2 saturated heterocycles. The molecule has 1 atom stereocenters. The van der Waals surface area contributed by atoms with E-state index >= 15 is 0 Å². The van der Waals surface area contributed by atoms with Crippen molar-refractivity contribution in [2.45, 2.75) is 58.2 Å². The number of aromatic amines is 1. The first kappa shape index (κ1) is 23.4. The van der Waals surface area contributed by atoms with E-state index in [-0.39, 0.29) is 30.3 Å². The van der Waals surface area contributed by atoms with Gasteiger partial charge in [0.25, 0.3) is 0 Å². The lowest BCUT2D eigenvalue weighted by Crippen LogP contribution is -2.41. The Balaban J connectivity index is 1.24. The highest BCUT2D eigenvalue weighted by atomic mass is 16.5. The number of nitriles is 1. The fourth-order valence-electron chi connectivity index (χ4n) is 5.50. The molecule has 2 aliphatic heterocycles. The Labute approximate surface area is 204 Å². The Kier molecular flexibility index (Phi) is 6.50. The van der Waals surface area contributed by atoms with Gasteiger partial charge >= 0.3 is 5.69 Å². The van der Waals surface area contributed by atoms with Crippen LogP contribution in [0.25, 0.3) is 11.0 Å². The van der Waals surface area contributed by atoms with Crippen LogP contribution in [0.4, 0.5) is 5.82 Å². The third-order valence-electron chi connectivity index (χ3n) is 7.52. The first-order valence-electron chi connectivity index (χ1n) is 12.4. The molecule has 1 amide bonds. The molecule has 9 heteroatoms. The molecule has 2 N–H and O–H groups in total. The fraction of sp³-hybridized carbons (Fsp3) is 0.500. The number of ether oxygens (including phenoxy) is 1. The zero-order valence-electron chi connectivity index (χ0n) is 20.3. The van der Waals surface area contributed by atoms with E-state index in [1.165, 1.54) is 0 Å². The standard InChI is InChI=1S/C26H32N6O3/c1-17-18(2)31(15-20-6-5-13-35-20)25(21(17)14-27)29-24(33)16-30-11-9-19(10-12-30)32-23-8-4-3-7-22(23)28-26(32)34/h3-4,7-8,19-20H,5-6,9-13,15-16H2,1-2H3,(H,28,34)(H,29,33). The Bertz CT molecular complexity index is 1330. The van der Waals surface area contributed by atoms with Crippen LogP contribution in [0.15, 0.2) is 29.1 Å². The third-order valence-corrected chi connectivity index (χ3v) is 7.52. The Morgan fingerprint density at radius 1 is 1.23 bits per heavy atom. The smallest absolute Gasteiger partial charge is 0.326 e. The maximum absolute atomic E-state index is 13.0. The molecule has 0 spiro atoms. The Morgan fingerprint density at radius 2 is 2.00 bits per heavy atom. The van der Waals surface area contributed by atoms with Crippen molar-refractivity contribution in [2.75, 3.05) is 31.6 Å². The minimum absolute atomic E-state index is 0.0795. The average Bonchev–Trinajstić information content (AvgIpc) is 3.54. The highest BCUT2D eigenvalue weighted by molar-refractivity contribution is 5.93. The van der Waals surface area contributed by atoms with Crippen LogP contribution in [-0.4, -0.2) is 57.3 Å². The molecule has 1 unspecified atom stereocenters. The summed E-state index contributed by atoms with van der Waals surface area (Å²) in [5.41, 5.74) is 4.10. The summed E-state index contributed by atoms with van der Waals surface area (Å²) in [6.45, 7) is 7.01. The van der Waals surface area contributed by atoms with Crippen LogP contribution in [0.5, 0.6) is 0 Å². The summed E-state index contributed by atoms with van der Waals surface area (Å²) < 4.78 is 9.68. The topological polar surface area (TPSA) is 108 Å². The van der Waals surface area contributed by atoms with Crippen LogP contribution in [0.2, 0.25) is 0 Å². The summed E-state index contributed by atoms with van der Waals surface area (Å²) in [4.78, 5) is 30.6. The van der Waals surface area contributed by atoms with Gasteiger partial charge in [0, 0.05) is 31.4 Å². The van der Waals surface area contributed by atoms with Crippen molar-refractivity contribution >= 4 is 22.8 Å². The lowest BCUT2D eigenvalue weighted by molar-refractivity contribution is -0.117. The molecule has 35 heavy (non-hydrogen) atoms. The van der Waals surface area contributed by atoms with Crippen LogP contribution in [-0.2, 0) is 16.1 Å². The summed E-state index contributed by atoms with van der Waals surface area (Å²) in [7, 11) is 0. The molecule has 2 aromatic heterocycles. The number of fused-ring (bicyclic) bond motifs is 1. The van der Waals surface area contributed by atoms with Crippen LogP contribution in [0.3, 0.4) is 0 Å². The summed E-state index contributed by atoms with van der Waals surface area (Å²) in [5.74, 6) is 0.443. The van der Waals surface area contributed by atoms with Crippen molar-refractivity contribution in [3.63, 3.8) is 0 Å². The number of carbonyl (C=O) groups is 1. The number of anilines is 1. The number of para-hydroxylation sites is 2. The number of carbonyl (C=O) groups excluding carboxylic acids is 1. The van der Waals surface area contributed by atoms with Crippen LogP contribution in [0, 0.1) is 25.2 Å². The van der Waals surface area contributed by atoms with E-state index in [2.05, 4.69) is 21.3 Å². The Morgan fingerprint density at radius 3 is 2.71 bits per heavy atom. The molecule has 1 aromatic carbocycles. The number of aromatic nitrogens is 3. The molecule has 2 aliphatic rings. The van der Waals surface area contributed by atoms with Gasteiger partial charge in [0.1, 0.15) is 11.9 Å². The van der Waals surface area contributed by atoms with E-state index in [0.717, 1.165) is 67.7 Å². The number of likely N-dealkylation sites (tertiary alicyclic amines) is 1. The minimum atomic E-state index is -0.129. The van der Waals surface area contributed by atoms with E-state index in [1.54, 1.807) is 0 Å². The van der Waals surface area contributed by atoms with Crippen molar-refractivity contribution in [2.24, 2.45) is 0 Å². The molecule has 0 saturated carbocycles. The molecule has 0 radical (unpaired) electrons. The minimum Gasteiger partial charge on any atom is -0.376 e. The maximum atomic E-state index is 13.0. The van der Waals surface area contributed by atoms with E-state index < -0.39 is 0 Å². The lowest BCUT2D eigenvalue weighted by Gasteiger charge is -2.32. The van der Waals surface area contributed by atoms with Crippen molar-refractivity contribution in [3.05, 3.63) is 51.6 Å². The van der Waals surface area contributed by atoms with Gasteiger partial charge in [-0.3, -0.25) is 14.3 Å². The normalized spacial score (nSPS) is 19.3. The molecule has 5 rings (SSSR count). The van der Waals surface area contributed by atoms with Gasteiger partial charge in [-0.1, -0.05) is 12.1 Å². The molecule has 4 heterocycles. The second kappa shape index (κ2) is 9.72. The van der Waals surface area contributed by atoms with E-state index in [1.807, 2.05) is 47.2 Å². The number of hydrogen-bond donors (Lipinski definition) is 2. The van der Waals surface area contributed by atoms with Gasteiger partial charge in [-0.15, -0.1) is 0 Å². The summed E-state index contributed by atoms with van der Waals surface area (Å²) in [5, 5.41) is 12.8. The second-order valence-corrected chi connectivity index (χ2v) is 9.66. The highest BCUT2D eigenvalue weighted by Crippen LogP contribution is 2.29. The number of amides is 1. The number of imidazole rings is 1. The van der Waals surface area contributed by atoms with Gasteiger partial charge in [-0.05, 0) is 57.2 Å². The third kappa shape index (κ3) is 4.51. The van der Waals surface area contributed by atoms with Gasteiger partial charge in [-0.25, -0.2) is 4.79 Å². The van der Waals surface area contributed by atoms with Crippen molar-refractivity contribution in [3.8, 4) is 6.07 Å². The fourth-order valence-corrected chi connectivity index (χ4v) is 5.50. The largest absolute Gasteiger partial charge is 0.376 e. The SMILES string of the molecule is Cc1c(C#N)c(NC(=O)CN2CCC(n3c(=O)[nH]c4ccccc43)CC2)n(CC2CCCO2)c1C. The molecule has 3 aromatic rings. The molecule has 2 fully saturated rings. The zero-order valence-corrected chi connectivity index (χ0v) is 20.3. The van der Waals surface area contributed by atoms with Crippen LogP contribution >= 0.6 is 0 Å². The molecule has 0 aliphatic carbocycles. The molecule has 184 valence electrons. The number of nitrogens with zero attached hydrogens (tertiary/aromatic N) is 4. The van der Waals surface area contributed by atoms with Crippen LogP contribution in [0.1, 0.15) is 48.5 Å². The highest BCUT2D eigenvalue weighted by Gasteiger charge is 2.27. The van der Waals surface area contributed by atoms with Gasteiger partial charge in [0.15, 0.2) is 0 Å². The Hall–Kier alpha value is -3.35. The summed E-state index contributed by atoms with van der Waals surface area (Å²) in [6.07, 6.45) is 3.73. The summed E-state index contributed by atoms with van der Waals surface area (Å²) >= 11 is 0. The van der Waals surface area contributed by atoms with Gasteiger partial charge in [0.05, 0.1) is 35.8 Å². The summed E-state index contributed by atoms with van der Waals surface area (Å²) in [6, 6.07) is 10.1. The van der Waals surface area contributed by atoms with Gasteiger partial charge in [0.2, 0.25) is 5.91 Å². The van der Waals surface area contributed by atoms with E-state index in [0.29, 0.717) is 17.9 Å². The number of H-pyrrole nitrogens is 1. The number of benzene rings is 1. The quantitative estimate of drug-likeness (QED) is 0.569. The monoisotopic (exact) mass is 476 g/mol. The van der Waals surface area contributed by atoms with Crippen LogP contribution < -0.4 is 11.0 Å². The zero-order chi connectivity index (χ0) is 24.5. The first-order chi connectivity index (χ1) is 17.0.